The minimum Gasteiger partial charge on any atom is -0.463 e. The fourth-order valence-corrected chi connectivity index (χ4v) is 8.94. The predicted octanol–water partition coefficient (Wildman–Crippen LogP) is 16.7. The number of ether oxygens (including phenoxy) is 1. The van der Waals surface area contributed by atoms with Crippen molar-refractivity contribution in [3.8, 4) is 0 Å². The van der Waals surface area contributed by atoms with Gasteiger partial charge in [-0.25, -0.2) is 4.57 Å². The molecule has 0 aromatic heterocycles. The normalized spacial score (nSPS) is 13.2. The first-order valence-corrected chi connectivity index (χ1v) is 29.3. The van der Waals surface area contributed by atoms with Crippen LogP contribution in [0.3, 0.4) is 0 Å². The summed E-state index contributed by atoms with van der Waals surface area (Å²) in [4.78, 5) is 34.1. The van der Waals surface area contributed by atoms with Gasteiger partial charge in [0.1, 0.15) is 12.7 Å². The number of phosphoric ester groups is 1. The molecule has 2 atom stereocenters. The summed E-state index contributed by atoms with van der Waals surface area (Å²) in [6.45, 7) is 3.59. The average molecular weight is 940 g/mol. The number of esters is 1. The second-order valence-corrected chi connectivity index (χ2v) is 20.4. The minimum atomic E-state index is -4.42. The third-order valence-corrected chi connectivity index (χ3v) is 13.4. The Hall–Kier alpha value is -1.51. The largest absolute Gasteiger partial charge is 0.472 e. The Morgan fingerprint density at radius 1 is 0.477 bits per heavy atom. The van der Waals surface area contributed by atoms with Gasteiger partial charge >= 0.3 is 13.8 Å². The van der Waals surface area contributed by atoms with Crippen molar-refractivity contribution < 1.29 is 37.9 Å². The molecule has 0 fully saturated rings. The van der Waals surface area contributed by atoms with E-state index in [1.165, 1.54) is 212 Å². The number of hydrogen-bond acceptors (Lipinski definition) is 7. The molecule has 3 N–H and O–H groups in total. The number of nitrogens with one attached hydrogen (secondary N) is 1. The first-order valence-electron chi connectivity index (χ1n) is 27.8. The number of aliphatic hydroxyl groups is 1. The van der Waals surface area contributed by atoms with Crippen molar-refractivity contribution >= 4 is 19.7 Å². The lowest BCUT2D eigenvalue weighted by Gasteiger charge is -2.15. The maximum atomic E-state index is 12.2. The molecule has 0 aliphatic carbocycles. The van der Waals surface area contributed by atoms with Crippen LogP contribution >= 0.6 is 7.82 Å². The van der Waals surface area contributed by atoms with Gasteiger partial charge in [-0.3, -0.25) is 18.6 Å². The Bertz CT molecular complexity index is 1120. The minimum absolute atomic E-state index is 0.0845. The van der Waals surface area contributed by atoms with Gasteiger partial charge in [0.15, 0.2) is 0 Å². The van der Waals surface area contributed by atoms with Gasteiger partial charge in [0.25, 0.3) is 0 Å². The smallest absolute Gasteiger partial charge is 0.463 e. The molecule has 0 spiro atoms. The molecule has 9 nitrogen and oxygen atoms in total. The summed E-state index contributed by atoms with van der Waals surface area (Å²) >= 11 is 0. The first kappa shape index (κ1) is 63.5. The van der Waals surface area contributed by atoms with Gasteiger partial charge in [-0.05, 0) is 44.9 Å². The molecule has 1 amide bonds. The molecule has 0 rings (SSSR count). The molecule has 10 heteroatoms. The SMILES string of the molecule is CCCCC/C=C\C/C=C\CCCCCCCCCCCCCCCC(=O)NCCOP(=O)(O)OCC(O)COC(=O)CCCCCCCCCCCCCCCCCCCCCCC. The van der Waals surface area contributed by atoms with Crippen molar-refractivity contribution in [2.45, 2.75) is 290 Å². The van der Waals surface area contributed by atoms with Gasteiger partial charge in [0, 0.05) is 19.4 Å². The van der Waals surface area contributed by atoms with E-state index >= 15 is 0 Å². The van der Waals surface area contributed by atoms with Gasteiger partial charge in [0.05, 0.1) is 13.2 Å². The Labute approximate surface area is 401 Å². The van der Waals surface area contributed by atoms with Crippen LogP contribution in [0.15, 0.2) is 24.3 Å². The van der Waals surface area contributed by atoms with E-state index in [4.69, 9.17) is 13.8 Å². The number of allylic oxidation sites excluding steroid dienone is 4. The predicted molar refractivity (Wildman–Crippen MR) is 275 cm³/mol. The number of aliphatic hydroxyl groups excluding tert-OH is 1. The lowest BCUT2D eigenvalue weighted by atomic mass is 10.0. The van der Waals surface area contributed by atoms with E-state index < -0.39 is 26.5 Å². The lowest BCUT2D eigenvalue weighted by molar-refractivity contribution is -0.147. The zero-order chi connectivity index (χ0) is 47.4. The van der Waals surface area contributed by atoms with Crippen molar-refractivity contribution in [1.82, 2.24) is 5.32 Å². The van der Waals surface area contributed by atoms with Crippen molar-refractivity contribution in [3.63, 3.8) is 0 Å². The fraction of sp³-hybridized carbons (Fsp3) is 0.891. The van der Waals surface area contributed by atoms with Crippen LogP contribution in [0.4, 0.5) is 0 Å². The molecule has 0 aromatic carbocycles. The number of carbonyl (C=O) groups excluding carboxylic acids is 2. The van der Waals surface area contributed by atoms with Gasteiger partial charge in [0.2, 0.25) is 5.91 Å². The molecule has 0 heterocycles. The van der Waals surface area contributed by atoms with E-state index in [2.05, 4.69) is 43.5 Å². The molecule has 2 unspecified atom stereocenters. The van der Waals surface area contributed by atoms with Gasteiger partial charge in [-0.1, -0.05) is 250 Å². The van der Waals surface area contributed by atoms with Crippen LogP contribution in [0.5, 0.6) is 0 Å². The number of phosphoric acid groups is 1. The lowest BCUT2D eigenvalue weighted by Crippen LogP contribution is -2.27. The van der Waals surface area contributed by atoms with Crippen LogP contribution in [-0.4, -0.2) is 54.3 Å². The standard InChI is InChI=1S/C55H106NO8P/c1-3-5-7-9-11-13-15-17-19-21-23-25-26-28-29-31-33-35-37-39-41-43-45-47-54(58)56-49-50-63-65(60,61)64-52-53(57)51-62-55(59)48-46-44-42-40-38-36-34-32-30-27-24-22-20-18-16-14-12-10-8-6-4-2/h11,13,17,19,53,57H,3-10,12,14-16,18,20-52H2,1-2H3,(H,56,58)(H,60,61)/b13-11-,19-17-. The van der Waals surface area contributed by atoms with Crippen molar-refractivity contribution in [3.05, 3.63) is 24.3 Å². The van der Waals surface area contributed by atoms with Gasteiger partial charge in [-0.15, -0.1) is 0 Å². The van der Waals surface area contributed by atoms with E-state index in [-0.39, 0.29) is 32.1 Å². The highest BCUT2D eigenvalue weighted by molar-refractivity contribution is 7.47. The van der Waals surface area contributed by atoms with Crippen LogP contribution < -0.4 is 5.32 Å². The van der Waals surface area contributed by atoms with E-state index in [1.54, 1.807) is 0 Å². The Kier molecular flexibility index (Phi) is 50.7. The van der Waals surface area contributed by atoms with Gasteiger partial charge < -0.3 is 20.1 Å². The highest BCUT2D eigenvalue weighted by Gasteiger charge is 2.23. The molecule has 0 aliphatic heterocycles. The van der Waals surface area contributed by atoms with Crippen LogP contribution in [0, 0.1) is 0 Å². The van der Waals surface area contributed by atoms with E-state index in [0.29, 0.717) is 6.42 Å². The van der Waals surface area contributed by atoms with Crippen molar-refractivity contribution in [2.75, 3.05) is 26.4 Å². The molecule has 0 saturated carbocycles. The van der Waals surface area contributed by atoms with Crippen LogP contribution in [-0.2, 0) is 27.9 Å². The molecular formula is C55H106NO8P. The van der Waals surface area contributed by atoms with Gasteiger partial charge in [-0.2, -0.15) is 0 Å². The first-order chi connectivity index (χ1) is 31.8. The Balaban J connectivity index is 3.50. The monoisotopic (exact) mass is 940 g/mol. The van der Waals surface area contributed by atoms with Crippen LogP contribution in [0.2, 0.25) is 0 Å². The number of carbonyl (C=O) groups is 2. The highest BCUT2D eigenvalue weighted by Crippen LogP contribution is 2.42. The average Bonchev–Trinajstić information content (AvgIpc) is 3.29. The van der Waals surface area contributed by atoms with E-state index in [1.807, 2.05) is 0 Å². The number of rotatable bonds is 53. The second kappa shape index (κ2) is 51.9. The van der Waals surface area contributed by atoms with Crippen LogP contribution in [0.25, 0.3) is 0 Å². The molecular weight excluding hydrogens is 834 g/mol. The summed E-state index contributed by atoms with van der Waals surface area (Å²) in [6.07, 6.45) is 59.8. The molecule has 0 bridgehead atoms. The quantitative estimate of drug-likeness (QED) is 0.0238. The molecule has 0 aromatic rings. The molecule has 384 valence electrons. The van der Waals surface area contributed by atoms with E-state index in [9.17, 15) is 24.2 Å². The number of amides is 1. The number of hydrogen-bond donors (Lipinski definition) is 3. The number of unbranched alkanes of at least 4 members (excludes halogenated alkanes) is 36. The zero-order valence-electron chi connectivity index (χ0n) is 42.7. The maximum Gasteiger partial charge on any atom is 0.472 e. The highest BCUT2D eigenvalue weighted by atomic mass is 31.2. The Morgan fingerprint density at radius 2 is 0.831 bits per heavy atom. The van der Waals surface area contributed by atoms with Crippen molar-refractivity contribution in [2.24, 2.45) is 0 Å². The zero-order valence-corrected chi connectivity index (χ0v) is 43.6. The summed E-state index contributed by atoms with van der Waals surface area (Å²) < 4.78 is 27.1. The molecule has 0 radical (unpaired) electrons. The maximum absolute atomic E-state index is 12.2. The third-order valence-electron chi connectivity index (χ3n) is 12.4. The molecule has 65 heavy (non-hydrogen) atoms. The molecule has 0 aliphatic rings. The van der Waals surface area contributed by atoms with Crippen molar-refractivity contribution in [1.29, 1.82) is 0 Å². The summed E-state index contributed by atoms with van der Waals surface area (Å²) in [5.41, 5.74) is 0. The fourth-order valence-electron chi connectivity index (χ4n) is 8.18. The molecule has 0 saturated heterocycles. The van der Waals surface area contributed by atoms with Crippen LogP contribution in [0.1, 0.15) is 284 Å². The Morgan fingerprint density at radius 3 is 1.26 bits per heavy atom. The second-order valence-electron chi connectivity index (χ2n) is 18.9. The third kappa shape index (κ3) is 53.3. The topological polar surface area (TPSA) is 131 Å². The summed E-state index contributed by atoms with van der Waals surface area (Å²) in [5, 5.41) is 12.8. The summed E-state index contributed by atoms with van der Waals surface area (Å²) in [6, 6.07) is 0. The summed E-state index contributed by atoms with van der Waals surface area (Å²) in [7, 11) is -4.42. The van der Waals surface area contributed by atoms with E-state index in [0.717, 1.165) is 44.9 Å². The summed E-state index contributed by atoms with van der Waals surface area (Å²) in [5.74, 6) is -0.503.